The molecule has 0 fully saturated rings. The number of benzene rings is 6. The van der Waals surface area contributed by atoms with E-state index >= 15 is 0 Å². The molecule has 4 nitrogen and oxygen atoms in total. The van der Waals surface area contributed by atoms with Gasteiger partial charge in [-0.2, -0.15) is 0 Å². The van der Waals surface area contributed by atoms with Gasteiger partial charge in [0.2, 0.25) is 0 Å². The fourth-order valence-electron chi connectivity index (χ4n) is 6.03. The van der Waals surface area contributed by atoms with Crippen LogP contribution in [-0.2, 0) is 6.42 Å². The Kier molecular flexibility index (Phi) is 10.4. The minimum Gasteiger partial charge on any atom is -0.496 e. The van der Waals surface area contributed by atoms with E-state index in [0.717, 1.165) is 78.5 Å². The van der Waals surface area contributed by atoms with Gasteiger partial charge in [0.25, 0.3) is 0 Å². The number of aliphatic imine (C=N–C) groups is 2. The van der Waals surface area contributed by atoms with Crippen molar-refractivity contribution < 1.29 is 9.47 Å². The van der Waals surface area contributed by atoms with E-state index in [1.165, 1.54) is 0 Å². The van der Waals surface area contributed by atoms with Gasteiger partial charge in [-0.05, 0) is 95.4 Å². The van der Waals surface area contributed by atoms with Crippen LogP contribution in [0.2, 0.25) is 0 Å². The molecule has 0 radical (unpaired) electrons. The number of ether oxygens (including phenoxy) is 2. The lowest BCUT2D eigenvalue weighted by Gasteiger charge is -2.20. The summed E-state index contributed by atoms with van der Waals surface area (Å²) in [6, 6.07) is 48.9. The minimum atomic E-state index is 0.575. The van der Waals surface area contributed by atoms with Crippen molar-refractivity contribution in [3.8, 4) is 11.5 Å². The molecule has 0 aromatic heterocycles. The smallest absolute Gasteiger partial charge is 0.130 e. The van der Waals surface area contributed by atoms with Crippen LogP contribution < -0.4 is 9.47 Å². The van der Waals surface area contributed by atoms with Gasteiger partial charge in [-0.3, -0.25) is 0 Å². The topological polar surface area (TPSA) is 43.2 Å². The van der Waals surface area contributed by atoms with Gasteiger partial charge >= 0.3 is 0 Å². The third-order valence-electron chi connectivity index (χ3n) is 8.18. The van der Waals surface area contributed by atoms with Crippen LogP contribution >= 0.6 is 0 Å². The van der Waals surface area contributed by atoms with E-state index in [4.69, 9.17) is 19.5 Å². The van der Waals surface area contributed by atoms with Crippen molar-refractivity contribution in [2.45, 2.75) is 20.3 Å². The van der Waals surface area contributed by atoms with Crippen LogP contribution in [0, 0.1) is 13.8 Å². The molecule has 0 saturated heterocycles. The average molecular weight is 639 g/mol. The highest BCUT2D eigenvalue weighted by Gasteiger charge is 2.21. The number of nitrogens with zero attached hydrogens (tertiary/aromatic N) is 2. The summed E-state index contributed by atoms with van der Waals surface area (Å²) in [6.07, 6.45) is 0.575. The second-order valence-corrected chi connectivity index (χ2v) is 11.8. The summed E-state index contributed by atoms with van der Waals surface area (Å²) in [5, 5.41) is 0. The highest BCUT2D eigenvalue weighted by Crippen LogP contribution is 2.39. The number of hydrogen-bond acceptors (Lipinski definition) is 4. The molecule has 49 heavy (non-hydrogen) atoms. The van der Waals surface area contributed by atoms with Crippen LogP contribution in [0.4, 0.5) is 11.4 Å². The fraction of sp³-hybridized carbons (Fsp3) is 0.111. The summed E-state index contributed by atoms with van der Waals surface area (Å²) in [6.45, 7) is 4.22. The molecule has 4 heteroatoms. The second-order valence-electron chi connectivity index (χ2n) is 11.8. The first-order valence-corrected chi connectivity index (χ1v) is 16.3. The Hall–Kier alpha value is -6.18. The lowest BCUT2D eigenvalue weighted by molar-refractivity contribution is 0.404. The zero-order valence-corrected chi connectivity index (χ0v) is 28.3. The standard InChI is InChI=1S/C45H38N2O2/c1-32-25-36(44(48-3)40(27-32)42(34-17-9-5-10-18-34)30-46-38-21-13-7-14-22-38)29-37-26-33(2)28-41(45(37)49-4)43(35-19-11-6-12-20-35)31-47-39-23-15-8-16-24-39/h5-28H,29H2,1-4H3. The van der Waals surface area contributed by atoms with E-state index in [1.807, 2.05) is 97.1 Å². The predicted molar refractivity (Wildman–Crippen MR) is 203 cm³/mol. The fourth-order valence-corrected chi connectivity index (χ4v) is 6.03. The Morgan fingerprint density at radius 3 is 1.18 bits per heavy atom. The molecule has 0 aliphatic carbocycles. The number of rotatable bonds is 10. The van der Waals surface area contributed by atoms with E-state index < -0.39 is 0 Å². The third-order valence-corrected chi connectivity index (χ3v) is 8.18. The molecule has 6 rings (SSSR count). The quantitative estimate of drug-likeness (QED) is 0.140. The van der Waals surface area contributed by atoms with Crippen LogP contribution in [0.25, 0.3) is 11.1 Å². The summed E-state index contributed by atoms with van der Waals surface area (Å²) in [7, 11) is 3.45. The monoisotopic (exact) mass is 638 g/mol. The van der Waals surface area contributed by atoms with Gasteiger partial charge < -0.3 is 9.47 Å². The molecule has 0 heterocycles. The molecule has 0 amide bonds. The number of para-hydroxylation sites is 2. The molecular weight excluding hydrogens is 601 g/mol. The van der Waals surface area contributed by atoms with Crippen molar-refractivity contribution in [2.24, 2.45) is 9.98 Å². The largest absolute Gasteiger partial charge is 0.496 e. The van der Waals surface area contributed by atoms with Crippen LogP contribution in [0.15, 0.2) is 156 Å². The molecule has 0 saturated carbocycles. The third kappa shape index (κ3) is 7.87. The maximum Gasteiger partial charge on any atom is 0.130 e. The lowest BCUT2D eigenvalue weighted by Crippen LogP contribution is -2.04. The molecule has 6 aromatic rings. The highest BCUT2D eigenvalue weighted by molar-refractivity contribution is 6.02. The van der Waals surface area contributed by atoms with Crippen LogP contribution in [0.3, 0.4) is 0 Å². The molecule has 0 bridgehead atoms. The van der Waals surface area contributed by atoms with Gasteiger partial charge in [-0.15, -0.1) is 0 Å². The summed E-state index contributed by atoms with van der Waals surface area (Å²) in [5.41, 5.74) is 11.5. The maximum absolute atomic E-state index is 6.22. The van der Waals surface area contributed by atoms with Crippen molar-refractivity contribution in [1.29, 1.82) is 0 Å². The van der Waals surface area contributed by atoms with Crippen LogP contribution in [-0.4, -0.2) is 26.0 Å². The molecule has 0 aliphatic rings. The van der Waals surface area contributed by atoms with E-state index in [2.05, 4.69) is 74.1 Å². The Morgan fingerprint density at radius 2 is 0.837 bits per heavy atom. The van der Waals surface area contributed by atoms with E-state index in [9.17, 15) is 0 Å². The molecule has 0 unspecified atom stereocenters. The molecule has 0 spiro atoms. The van der Waals surface area contributed by atoms with Gasteiger partial charge in [0.05, 0.1) is 36.7 Å². The van der Waals surface area contributed by atoms with Crippen molar-refractivity contribution in [3.63, 3.8) is 0 Å². The second kappa shape index (κ2) is 15.6. The average Bonchev–Trinajstić information content (AvgIpc) is 3.13. The van der Waals surface area contributed by atoms with E-state index in [0.29, 0.717) is 6.42 Å². The molecular formula is C45H38N2O2. The minimum absolute atomic E-state index is 0.575. The molecule has 0 aliphatic heterocycles. The van der Waals surface area contributed by atoms with E-state index in [-0.39, 0.29) is 0 Å². The van der Waals surface area contributed by atoms with Crippen molar-refractivity contribution in [3.05, 3.63) is 190 Å². The predicted octanol–water partition coefficient (Wildman–Crippen LogP) is 10.8. The van der Waals surface area contributed by atoms with E-state index in [1.54, 1.807) is 14.2 Å². The summed E-state index contributed by atoms with van der Waals surface area (Å²) in [5.74, 6) is 8.30. The van der Waals surface area contributed by atoms with Crippen molar-refractivity contribution >= 4 is 34.3 Å². The van der Waals surface area contributed by atoms with Gasteiger partial charge in [0.1, 0.15) is 11.5 Å². The molecule has 0 N–H and O–H groups in total. The van der Waals surface area contributed by atoms with Crippen LogP contribution in [0.5, 0.6) is 11.5 Å². The first kappa shape index (κ1) is 32.7. The van der Waals surface area contributed by atoms with Crippen LogP contribution in [0.1, 0.15) is 44.5 Å². The maximum atomic E-state index is 6.22. The Labute approximate surface area is 289 Å². The molecule has 240 valence electrons. The summed E-state index contributed by atoms with van der Waals surface area (Å²) < 4.78 is 12.4. The normalized spacial score (nSPS) is 10.4. The Morgan fingerprint density at radius 1 is 0.490 bits per heavy atom. The van der Waals surface area contributed by atoms with Crippen molar-refractivity contribution in [2.75, 3.05) is 14.2 Å². The van der Waals surface area contributed by atoms with Gasteiger partial charge in [0.15, 0.2) is 0 Å². The number of hydrogen-bond donors (Lipinski definition) is 0. The number of methoxy groups -OCH3 is 2. The molecule has 0 atom stereocenters. The first-order valence-electron chi connectivity index (χ1n) is 16.3. The zero-order chi connectivity index (χ0) is 34.0. The van der Waals surface area contributed by atoms with Gasteiger partial charge in [-0.25, -0.2) is 9.98 Å². The zero-order valence-electron chi connectivity index (χ0n) is 28.3. The van der Waals surface area contributed by atoms with Crippen molar-refractivity contribution in [1.82, 2.24) is 0 Å². The Bertz CT molecular complexity index is 2020. The summed E-state index contributed by atoms with van der Waals surface area (Å²) >= 11 is 0. The lowest BCUT2D eigenvalue weighted by atomic mass is 9.89. The highest BCUT2D eigenvalue weighted by atomic mass is 16.5. The number of aryl methyl sites for hydroxylation is 2. The van der Waals surface area contributed by atoms with Gasteiger partial charge in [-0.1, -0.05) is 109 Å². The SMILES string of the molecule is COc1c(Cc2cc(C)cc(C(=C=Nc3ccccc3)c3ccccc3)c2OC)cc(C)cc1C(=C=Nc1ccccc1)c1ccccc1. The summed E-state index contributed by atoms with van der Waals surface area (Å²) in [4.78, 5) is 9.47. The van der Waals surface area contributed by atoms with Gasteiger partial charge in [0, 0.05) is 17.5 Å². The molecule has 6 aromatic carbocycles. The first-order chi connectivity index (χ1) is 24.0. The Balaban J connectivity index is 1.52.